The van der Waals surface area contributed by atoms with Gasteiger partial charge in [0.05, 0.1) is 6.04 Å². The molecular weight excluding hydrogens is 318 g/mol. The highest BCUT2D eigenvalue weighted by Gasteiger charge is 2.22. The van der Waals surface area contributed by atoms with E-state index in [9.17, 15) is 0 Å². The summed E-state index contributed by atoms with van der Waals surface area (Å²) >= 11 is 0. The minimum Gasteiger partial charge on any atom is -0.455 e. The van der Waals surface area contributed by atoms with Gasteiger partial charge >= 0.3 is 0 Å². The van der Waals surface area contributed by atoms with Crippen LogP contribution < -0.4 is 0 Å². The molecule has 0 N–H and O–H groups in total. The summed E-state index contributed by atoms with van der Waals surface area (Å²) in [7, 11) is 0. The Labute approximate surface area is 152 Å². The monoisotopic (exact) mass is 337 g/mol. The summed E-state index contributed by atoms with van der Waals surface area (Å²) in [5.41, 5.74) is 7.84. The Morgan fingerprint density at radius 3 is 2.42 bits per heavy atom. The molecule has 26 heavy (non-hydrogen) atoms. The van der Waals surface area contributed by atoms with Crippen LogP contribution in [0.2, 0.25) is 0 Å². The van der Waals surface area contributed by atoms with Gasteiger partial charge in [0.15, 0.2) is 0 Å². The summed E-state index contributed by atoms with van der Waals surface area (Å²) in [4.78, 5) is 4.79. The summed E-state index contributed by atoms with van der Waals surface area (Å²) in [5.74, 6) is 0. The fourth-order valence-electron chi connectivity index (χ4n) is 3.87. The second kappa shape index (κ2) is 5.70. The molecule has 0 radical (unpaired) electrons. The average molecular weight is 337 g/mol. The fourth-order valence-corrected chi connectivity index (χ4v) is 3.87. The van der Waals surface area contributed by atoms with Gasteiger partial charge in [0, 0.05) is 22.6 Å². The quantitative estimate of drug-likeness (QED) is 0.415. The average Bonchev–Trinajstić information content (AvgIpc) is 3.28. The number of benzene rings is 3. The van der Waals surface area contributed by atoms with E-state index in [0.717, 1.165) is 16.7 Å². The lowest BCUT2D eigenvalue weighted by Crippen LogP contribution is -1.94. The number of nitrogens with zero attached hydrogens (tertiary/aromatic N) is 1. The Morgan fingerprint density at radius 1 is 0.769 bits per heavy atom. The SMILES string of the molecule is Cc1ccc2c(oc3c(C)cccc32)c1C1C=C(c2ccccc2)C=N1. The molecule has 4 aromatic rings. The molecule has 2 nitrogen and oxygen atoms in total. The third kappa shape index (κ3) is 2.22. The van der Waals surface area contributed by atoms with Crippen molar-refractivity contribution < 1.29 is 4.42 Å². The predicted molar refractivity (Wildman–Crippen MR) is 109 cm³/mol. The third-order valence-corrected chi connectivity index (χ3v) is 5.23. The molecule has 2 heteroatoms. The Morgan fingerprint density at radius 2 is 1.58 bits per heavy atom. The van der Waals surface area contributed by atoms with Gasteiger partial charge < -0.3 is 4.42 Å². The molecule has 0 fully saturated rings. The normalized spacial score (nSPS) is 16.5. The molecule has 1 aromatic heterocycles. The van der Waals surface area contributed by atoms with Crippen LogP contribution in [0, 0.1) is 13.8 Å². The highest BCUT2D eigenvalue weighted by molar-refractivity contribution is 6.12. The van der Waals surface area contributed by atoms with Crippen LogP contribution >= 0.6 is 0 Å². The second-order valence-corrected chi connectivity index (χ2v) is 6.94. The van der Waals surface area contributed by atoms with E-state index in [4.69, 9.17) is 9.41 Å². The number of furan rings is 1. The maximum Gasteiger partial charge on any atom is 0.141 e. The van der Waals surface area contributed by atoms with Crippen LogP contribution in [0.4, 0.5) is 0 Å². The number of hydrogen-bond acceptors (Lipinski definition) is 2. The van der Waals surface area contributed by atoms with Gasteiger partial charge in [0.1, 0.15) is 11.2 Å². The van der Waals surface area contributed by atoms with Gasteiger partial charge in [-0.15, -0.1) is 0 Å². The number of aliphatic imine (C=N–C) groups is 1. The van der Waals surface area contributed by atoms with E-state index in [1.807, 2.05) is 12.3 Å². The highest BCUT2D eigenvalue weighted by Crippen LogP contribution is 2.39. The van der Waals surface area contributed by atoms with Crippen molar-refractivity contribution in [3.8, 4) is 0 Å². The Balaban J connectivity index is 1.71. The van der Waals surface area contributed by atoms with E-state index in [1.54, 1.807) is 0 Å². The molecular formula is C24H19NO. The number of rotatable bonds is 2. The zero-order valence-corrected chi connectivity index (χ0v) is 14.9. The minimum atomic E-state index is -0.00484. The largest absolute Gasteiger partial charge is 0.455 e. The summed E-state index contributed by atoms with van der Waals surface area (Å²) in [6.45, 7) is 4.23. The zero-order valence-electron chi connectivity index (χ0n) is 14.9. The number of hydrogen-bond donors (Lipinski definition) is 0. The van der Waals surface area contributed by atoms with Crippen LogP contribution in [0.3, 0.4) is 0 Å². The van der Waals surface area contributed by atoms with Crippen molar-refractivity contribution >= 4 is 33.7 Å². The maximum absolute atomic E-state index is 6.35. The highest BCUT2D eigenvalue weighted by atomic mass is 16.3. The number of fused-ring (bicyclic) bond motifs is 3. The van der Waals surface area contributed by atoms with Gasteiger partial charge in [-0.25, -0.2) is 0 Å². The first-order valence-electron chi connectivity index (χ1n) is 8.94. The van der Waals surface area contributed by atoms with Gasteiger partial charge in [-0.3, -0.25) is 4.99 Å². The van der Waals surface area contributed by atoms with Crippen LogP contribution in [0.1, 0.15) is 28.3 Å². The van der Waals surface area contributed by atoms with E-state index < -0.39 is 0 Å². The Hall–Kier alpha value is -3.13. The summed E-state index contributed by atoms with van der Waals surface area (Å²) < 4.78 is 6.35. The minimum absolute atomic E-state index is 0.00484. The second-order valence-electron chi connectivity index (χ2n) is 6.94. The molecule has 1 unspecified atom stereocenters. The molecule has 1 aliphatic heterocycles. The lowest BCUT2D eigenvalue weighted by Gasteiger charge is -2.10. The molecule has 1 aliphatic rings. The van der Waals surface area contributed by atoms with Crippen molar-refractivity contribution in [2.24, 2.45) is 4.99 Å². The van der Waals surface area contributed by atoms with E-state index in [-0.39, 0.29) is 6.04 Å². The number of para-hydroxylation sites is 1. The Bertz CT molecular complexity index is 1200. The first kappa shape index (κ1) is 15.2. The molecule has 0 aliphatic carbocycles. The van der Waals surface area contributed by atoms with Crippen molar-refractivity contribution in [3.05, 3.63) is 89.0 Å². The predicted octanol–water partition coefficient (Wildman–Crippen LogP) is 6.41. The van der Waals surface area contributed by atoms with Gasteiger partial charge in [-0.05, 0) is 42.2 Å². The van der Waals surface area contributed by atoms with Gasteiger partial charge in [-0.2, -0.15) is 0 Å². The molecule has 2 heterocycles. The summed E-state index contributed by atoms with van der Waals surface area (Å²) in [6, 6.07) is 21.1. The van der Waals surface area contributed by atoms with Crippen LogP contribution in [-0.2, 0) is 0 Å². The lowest BCUT2D eigenvalue weighted by atomic mass is 9.97. The number of aryl methyl sites for hydroxylation is 2. The van der Waals surface area contributed by atoms with Crippen molar-refractivity contribution in [3.63, 3.8) is 0 Å². The van der Waals surface area contributed by atoms with Crippen molar-refractivity contribution in [1.82, 2.24) is 0 Å². The standard InChI is InChI=1S/C24H19NO/c1-15-11-12-20-19-10-6-7-16(2)23(19)26-24(20)22(15)21-13-18(14-25-21)17-8-4-3-5-9-17/h3-14,21H,1-2H3. The first-order chi connectivity index (χ1) is 12.7. The Kier molecular flexibility index (Phi) is 3.32. The lowest BCUT2D eigenvalue weighted by molar-refractivity contribution is 0.656. The van der Waals surface area contributed by atoms with E-state index in [2.05, 4.69) is 74.5 Å². The molecule has 0 spiro atoms. The molecule has 0 saturated heterocycles. The van der Waals surface area contributed by atoms with Gasteiger partial charge in [0.2, 0.25) is 0 Å². The third-order valence-electron chi connectivity index (χ3n) is 5.23. The molecule has 0 amide bonds. The van der Waals surface area contributed by atoms with Crippen LogP contribution in [0.5, 0.6) is 0 Å². The molecule has 0 saturated carbocycles. The van der Waals surface area contributed by atoms with Gasteiger partial charge in [0.25, 0.3) is 0 Å². The maximum atomic E-state index is 6.35. The van der Waals surface area contributed by atoms with Crippen LogP contribution in [0.25, 0.3) is 27.5 Å². The molecule has 0 bridgehead atoms. The van der Waals surface area contributed by atoms with Crippen molar-refractivity contribution in [2.45, 2.75) is 19.9 Å². The molecule has 1 atom stereocenters. The van der Waals surface area contributed by atoms with E-state index >= 15 is 0 Å². The zero-order chi connectivity index (χ0) is 17.7. The summed E-state index contributed by atoms with van der Waals surface area (Å²) in [5, 5.41) is 2.34. The smallest absolute Gasteiger partial charge is 0.141 e. The van der Waals surface area contributed by atoms with E-state index in [0.29, 0.717) is 0 Å². The topological polar surface area (TPSA) is 25.5 Å². The van der Waals surface area contributed by atoms with E-state index in [1.165, 1.54) is 33.0 Å². The van der Waals surface area contributed by atoms with Crippen LogP contribution in [0.15, 0.2) is 76.1 Å². The first-order valence-corrected chi connectivity index (χ1v) is 8.94. The fraction of sp³-hybridized carbons (Fsp3) is 0.125. The van der Waals surface area contributed by atoms with Gasteiger partial charge in [-0.1, -0.05) is 60.7 Å². The van der Waals surface area contributed by atoms with Crippen molar-refractivity contribution in [1.29, 1.82) is 0 Å². The number of allylic oxidation sites excluding steroid dienone is 1. The summed E-state index contributed by atoms with van der Waals surface area (Å²) in [6.07, 6.45) is 4.21. The van der Waals surface area contributed by atoms with Crippen molar-refractivity contribution in [2.75, 3.05) is 0 Å². The van der Waals surface area contributed by atoms with Crippen LogP contribution in [-0.4, -0.2) is 6.21 Å². The molecule has 3 aromatic carbocycles. The molecule has 5 rings (SSSR count). The molecule has 126 valence electrons.